The van der Waals surface area contributed by atoms with Crippen molar-refractivity contribution in [3.05, 3.63) is 53.3 Å². The van der Waals surface area contributed by atoms with E-state index in [0.29, 0.717) is 10.8 Å². The molecular weight excluding hydrogens is 346 g/mol. The van der Waals surface area contributed by atoms with E-state index in [1.807, 2.05) is 44.3 Å². The molecule has 3 aromatic rings. The lowest BCUT2D eigenvalue weighted by Gasteiger charge is -2.12. The number of hydrogen-bond donors (Lipinski definition) is 1. The second-order valence-electron chi connectivity index (χ2n) is 6.55. The molecular formula is C19H21N5OS. The van der Waals surface area contributed by atoms with E-state index < -0.39 is 0 Å². The molecule has 26 heavy (non-hydrogen) atoms. The summed E-state index contributed by atoms with van der Waals surface area (Å²) in [5.41, 5.74) is 3.50. The maximum Gasteiger partial charge on any atom is 0.272 e. The Balaban J connectivity index is 1.59. The van der Waals surface area contributed by atoms with Crippen molar-refractivity contribution in [2.45, 2.75) is 26.7 Å². The molecule has 2 aromatic heterocycles. The van der Waals surface area contributed by atoms with Crippen LogP contribution in [0.15, 0.2) is 36.5 Å². The summed E-state index contributed by atoms with van der Waals surface area (Å²) in [5, 5.41) is 13.3. The van der Waals surface area contributed by atoms with Gasteiger partial charge in [0.25, 0.3) is 5.91 Å². The highest BCUT2D eigenvalue weighted by Gasteiger charge is 2.20. The van der Waals surface area contributed by atoms with Gasteiger partial charge in [-0.05, 0) is 49.9 Å². The van der Waals surface area contributed by atoms with Crippen molar-refractivity contribution in [1.82, 2.24) is 14.8 Å². The molecule has 134 valence electrons. The number of carbonyl (C=O) groups excluding carboxylic acids is 1. The van der Waals surface area contributed by atoms with Gasteiger partial charge in [-0.25, -0.2) is 0 Å². The zero-order chi connectivity index (χ0) is 18.1. The molecule has 3 heterocycles. The summed E-state index contributed by atoms with van der Waals surface area (Å²) < 4.78 is 1.81. The molecule has 0 bridgehead atoms. The van der Waals surface area contributed by atoms with Gasteiger partial charge < -0.3 is 10.2 Å². The summed E-state index contributed by atoms with van der Waals surface area (Å²) in [6.45, 7) is 6.05. The lowest BCUT2D eigenvalue weighted by Crippen LogP contribution is -2.17. The molecule has 1 aliphatic heterocycles. The fraction of sp³-hybridized carbons (Fsp3) is 0.316. The Kier molecular flexibility index (Phi) is 4.46. The van der Waals surface area contributed by atoms with Crippen LogP contribution in [0, 0.1) is 13.8 Å². The molecule has 0 spiro atoms. The minimum Gasteiger partial charge on any atom is -0.347 e. The smallest absolute Gasteiger partial charge is 0.272 e. The van der Waals surface area contributed by atoms with Crippen molar-refractivity contribution >= 4 is 28.1 Å². The summed E-state index contributed by atoms with van der Waals surface area (Å²) >= 11 is 1.52. The standard InChI is InChI=1S/C19H21N5OS/c1-13-7-5-8-14(2)16(13)20-17(25)15-9-6-12-24(15)19-22-21-18(26-19)23-10-3-4-11-23/h5-9,12H,3-4,10-11H2,1-2H3,(H,20,25). The normalized spacial score (nSPS) is 14.0. The number of nitrogens with one attached hydrogen (secondary N) is 1. The highest BCUT2D eigenvalue weighted by atomic mass is 32.1. The average Bonchev–Trinajstić information content (AvgIpc) is 3.38. The maximum atomic E-state index is 12.9. The number of aryl methyl sites for hydroxylation is 2. The van der Waals surface area contributed by atoms with Gasteiger partial charge in [0.05, 0.1) is 0 Å². The van der Waals surface area contributed by atoms with Crippen LogP contribution in [0.2, 0.25) is 0 Å². The van der Waals surface area contributed by atoms with Crippen molar-refractivity contribution in [3.8, 4) is 5.13 Å². The van der Waals surface area contributed by atoms with Crippen LogP contribution in [-0.4, -0.2) is 33.8 Å². The minimum atomic E-state index is -0.148. The SMILES string of the molecule is Cc1cccc(C)c1NC(=O)c1cccn1-c1nnc(N2CCCC2)s1. The minimum absolute atomic E-state index is 0.148. The van der Waals surface area contributed by atoms with Gasteiger partial charge in [-0.3, -0.25) is 9.36 Å². The maximum absolute atomic E-state index is 12.9. The number of para-hydroxylation sites is 1. The van der Waals surface area contributed by atoms with Gasteiger partial charge in [0.1, 0.15) is 5.69 Å². The van der Waals surface area contributed by atoms with Gasteiger partial charge in [-0.15, -0.1) is 10.2 Å². The Morgan fingerprint density at radius 1 is 1.04 bits per heavy atom. The average molecular weight is 367 g/mol. The third kappa shape index (κ3) is 3.10. The molecule has 0 aliphatic carbocycles. The van der Waals surface area contributed by atoms with Gasteiger partial charge in [0.15, 0.2) is 0 Å². The lowest BCUT2D eigenvalue weighted by atomic mass is 10.1. The summed E-state index contributed by atoms with van der Waals surface area (Å²) in [4.78, 5) is 15.1. The molecule has 1 aromatic carbocycles. The number of benzene rings is 1. The van der Waals surface area contributed by atoms with E-state index in [1.165, 1.54) is 24.2 Å². The number of rotatable bonds is 4. The molecule has 0 saturated carbocycles. The molecule has 1 aliphatic rings. The van der Waals surface area contributed by atoms with Crippen molar-refractivity contribution < 1.29 is 4.79 Å². The van der Waals surface area contributed by atoms with Crippen molar-refractivity contribution in [2.24, 2.45) is 0 Å². The summed E-state index contributed by atoms with van der Waals surface area (Å²) in [6, 6.07) is 9.64. The second kappa shape index (κ2) is 6.92. The number of carbonyl (C=O) groups is 1. The molecule has 6 nitrogen and oxygen atoms in total. The van der Waals surface area contributed by atoms with Crippen LogP contribution in [0.3, 0.4) is 0 Å². The first-order valence-electron chi connectivity index (χ1n) is 8.77. The van der Waals surface area contributed by atoms with E-state index in [2.05, 4.69) is 20.4 Å². The van der Waals surface area contributed by atoms with Crippen LogP contribution in [0.4, 0.5) is 10.8 Å². The van der Waals surface area contributed by atoms with E-state index in [-0.39, 0.29) is 5.91 Å². The van der Waals surface area contributed by atoms with Gasteiger partial charge in [-0.1, -0.05) is 29.5 Å². The Hall–Kier alpha value is -2.67. The van der Waals surface area contributed by atoms with Crippen LogP contribution in [-0.2, 0) is 0 Å². The van der Waals surface area contributed by atoms with E-state index in [1.54, 1.807) is 10.6 Å². The van der Waals surface area contributed by atoms with E-state index in [4.69, 9.17) is 0 Å². The van der Waals surface area contributed by atoms with E-state index in [9.17, 15) is 4.79 Å². The number of amides is 1. The van der Waals surface area contributed by atoms with Crippen LogP contribution in [0.25, 0.3) is 5.13 Å². The highest BCUT2D eigenvalue weighted by molar-refractivity contribution is 7.17. The van der Waals surface area contributed by atoms with Crippen molar-refractivity contribution in [3.63, 3.8) is 0 Å². The molecule has 0 radical (unpaired) electrons. The fourth-order valence-corrected chi connectivity index (χ4v) is 4.16. The van der Waals surface area contributed by atoms with Crippen LogP contribution in [0.1, 0.15) is 34.5 Å². The molecule has 7 heteroatoms. The molecule has 1 fully saturated rings. The largest absolute Gasteiger partial charge is 0.347 e. The van der Waals surface area contributed by atoms with Crippen LogP contribution >= 0.6 is 11.3 Å². The van der Waals surface area contributed by atoms with Gasteiger partial charge in [0, 0.05) is 25.0 Å². The Morgan fingerprint density at radius 3 is 2.46 bits per heavy atom. The third-order valence-corrected chi connectivity index (χ3v) is 5.67. The monoisotopic (exact) mass is 367 g/mol. The molecule has 4 rings (SSSR count). The summed E-state index contributed by atoms with van der Waals surface area (Å²) in [5.74, 6) is -0.148. The second-order valence-corrected chi connectivity index (χ2v) is 7.48. The number of hydrogen-bond acceptors (Lipinski definition) is 5. The first-order valence-corrected chi connectivity index (χ1v) is 9.59. The Bertz CT molecular complexity index is 919. The topological polar surface area (TPSA) is 63.1 Å². The number of aromatic nitrogens is 3. The molecule has 1 saturated heterocycles. The third-order valence-electron chi connectivity index (χ3n) is 4.69. The quantitative estimate of drug-likeness (QED) is 0.762. The van der Waals surface area contributed by atoms with Crippen LogP contribution < -0.4 is 10.2 Å². The zero-order valence-corrected chi connectivity index (χ0v) is 15.7. The van der Waals surface area contributed by atoms with Gasteiger partial charge in [-0.2, -0.15) is 0 Å². The Labute approximate surface area is 156 Å². The molecule has 1 N–H and O–H groups in total. The van der Waals surface area contributed by atoms with Gasteiger partial charge >= 0.3 is 0 Å². The van der Waals surface area contributed by atoms with Gasteiger partial charge in [0.2, 0.25) is 10.3 Å². The Morgan fingerprint density at radius 2 is 1.73 bits per heavy atom. The zero-order valence-electron chi connectivity index (χ0n) is 14.9. The van der Waals surface area contributed by atoms with Crippen LogP contribution in [0.5, 0.6) is 0 Å². The lowest BCUT2D eigenvalue weighted by molar-refractivity contribution is 0.102. The first-order chi connectivity index (χ1) is 12.6. The molecule has 1 amide bonds. The predicted octanol–water partition coefficient (Wildman–Crippen LogP) is 3.80. The van der Waals surface area contributed by atoms with Crippen molar-refractivity contribution in [2.75, 3.05) is 23.3 Å². The molecule has 0 unspecified atom stereocenters. The van der Waals surface area contributed by atoms with E-state index >= 15 is 0 Å². The van der Waals surface area contributed by atoms with Crippen molar-refractivity contribution in [1.29, 1.82) is 0 Å². The number of anilines is 2. The molecule has 0 atom stereocenters. The fourth-order valence-electron chi connectivity index (χ4n) is 3.26. The first kappa shape index (κ1) is 16.8. The summed E-state index contributed by atoms with van der Waals surface area (Å²) in [7, 11) is 0. The summed E-state index contributed by atoms with van der Waals surface area (Å²) in [6.07, 6.45) is 4.25. The highest BCUT2D eigenvalue weighted by Crippen LogP contribution is 2.27. The van der Waals surface area contributed by atoms with E-state index in [0.717, 1.165) is 35.0 Å². The predicted molar refractivity (Wildman–Crippen MR) is 105 cm³/mol. The number of nitrogens with zero attached hydrogens (tertiary/aromatic N) is 4.